The molecule has 4 aromatic rings. The molecule has 1 saturated heterocycles. The van der Waals surface area contributed by atoms with E-state index in [1.807, 2.05) is 49.6 Å². The number of thiophene rings is 1. The van der Waals surface area contributed by atoms with Gasteiger partial charge in [0.2, 0.25) is 17.7 Å². The van der Waals surface area contributed by atoms with E-state index in [4.69, 9.17) is 26.1 Å². The van der Waals surface area contributed by atoms with Gasteiger partial charge in [0.05, 0.1) is 41.0 Å². The molecular formula is C42H45ClN8O8S. The smallest absolute Gasteiger partial charge is 0.266 e. The fraction of sp³-hybridized carbons (Fsp3) is 0.405. The number of amides is 6. The van der Waals surface area contributed by atoms with Crippen LogP contribution in [0.25, 0.3) is 5.00 Å². The summed E-state index contributed by atoms with van der Waals surface area (Å²) in [6.45, 7) is 12.9. The lowest BCUT2D eigenvalue weighted by Gasteiger charge is -2.32. The van der Waals surface area contributed by atoms with Gasteiger partial charge in [-0.1, -0.05) is 29.8 Å². The third-order valence-electron chi connectivity index (χ3n) is 10.5. The third-order valence-corrected chi connectivity index (χ3v) is 12.0. The van der Waals surface area contributed by atoms with Crippen LogP contribution in [0.4, 0.5) is 0 Å². The van der Waals surface area contributed by atoms with Gasteiger partial charge >= 0.3 is 0 Å². The number of ether oxygens (including phenoxy) is 2. The summed E-state index contributed by atoms with van der Waals surface area (Å²) in [5.41, 5.74) is 1.92. The van der Waals surface area contributed by atoms with Crippen molar-refractivity contribution in [1.82, 2.24) is 35.6 Å². The molecule has 2 atom stereocenters. The highest BCUT2D eigenvalue weighted by atomic mass is 35.5. The van der Waals surface area contributed by atoms with Crippen LogP contribution in [0.3, 0.4) is 0 Å². The normalized spacial score (nSPS) is 17.7. The van der Waals surface area contributed by atoms with Gasteiger partial charge in [-0.2, -0.15) is 0 Å². The topological polar surface area (TPSA) is 203 Å². The van der Waals surface area contributed by atoms with Crippen molar-refractivity contribution >= 4 is 64.1 Å². The number of rotatable bonds is 13. The van der Waals surface area contributed by atoms with Crippen LogP contribution < -0.4 is 20.7 Å². The van der Waals surface area contributed by atoms with Crippen LogP contribution in [0.5, 0.6) is 5.75 Å². The van der Waals surface area contributed by atoms with Gasteiger partial charge in [0.25, 0.3) is 17.7 Å². The minimum Gasteiger partial charge on any atom is -0.483 e. The SMILES string of the molecule is Cc1sc2c(c1C)C(c1ccc(Cl)cc1)=N[C@@H](CC(=O)NCC(C)(C)OCC(C)(C)NC(=O)COc1cccc3c1C(=O)N(C1CCC(=O)NC1=O)C3=O)c1nnc(C)n1-2. The first-order valence-corrected chi connectivity index (χ1v) is 20.6. The molecule has 0 aliphatic carbocycles. The van der Waals surface area contributed by atoms with E-state index in [2.05, 4.69) is 40.0 Å². The second kappa shape index (κ2) is 16.3. The average molecular weight is 857 g/mol. The third kappa shape index (κ3) is 8.46. The number of aryl methyl sites for hydroxylation is 2. The molecule has 60 heavy (non-hydrogen) atoms. The summed E-state index contributed by atoms with van der Waals surface area (Å²) in [6, 6.07) is 10.1. The van der Waals surface area contributed by atoms with Crippen LogP contribution in [0.15, 0.2) is 47.5 Å². The summed E-state index contributed by atoms with van der Waals surface area (Å²) in [7, 11) is 0. The summed E-state index contributed by atoms with van der Waals surface area (Å²) in [5, 5.41) is 18.4. The monoisotopic (exact) mass is 856 g/mol. The minimum atomic E-state index is -1.13. The number of fused-ring (bicyclic) bond motifs is 4. The average Bonchev–Trinajstić information content (AvgIpc) is 3.77. The number of nitrogens with zero attached hydrogens (tertiary/aromatic N) is 5. The molecule has 1 fully saturated rings. The number of aliphatic imine (C=N–C) groups is 1. The Morgan fingerprint density at radius 2 is 1.70 bits per heavy atom. The van der Waals surface area contributed by atoms with Gasteiger partial charge in [-0.05, 0) is 84.7 Å². The first kappa shape index (κ1) is 42.3. The summed E-state index contributed by atoms with van der Waals surface area (Å²) >= 11 is 7.87. The highest BCUT2D eigenvalue weighted by Crippen LogP contribution is 2.40. The van der Waals surface area contributed by atoms with Gasteiger partial charge in [0.15, 0.2) is 12.4 Å². The second-order valence-electron chi connectivity index (χ2n) is 16.3. The molecular weight excluding hydrogens is 812 g/mol. The number of carbonyl (C=O) groups excluding carboxylic acids is 6. The predicted molar refractivity (Wildman–Crippen MR) is 222 cm³/mol. The van der Waals surface area contributed by atoms with Crippen molar-refractivity contribution in [2.75, 3.05) is 19.8 Å². The van der Waals surface area contributed by atoms with Gasteiger partial charge in [0.1, 0.15) is 28.7 Å². The number of nitrogens with one attached hydrogen (secondary N) is 3. The van der Waals surface area contributed by atoms with Gasteiger partial charge < -0.3 is 20.1 Å². The van der Waals surface area contributed by atoms with Crippen LogP contribution in [0, 0.1) is 20.8 Å². The highest BCUT2D eigenvalue weighted by Gasteiger charge is 2.46. The minimum absolute atomic E-state index is 0.000837. The number of piperidine rings is 1. The van der Waals surface area contributed by atoms with E-state index in [1.54, 1.807) is 25.2 Å². The van der Waals surface area contributed by atoms with Crippen LogP contribution in [-0.4, -0.2) is 97.8 Å². The van der Waals surface area contributed by atoms with Crippen molar-refractivity contribution in [3.63, 3.8) is 0 Å². The van der Waals surface area contributed by atoms with Gasteiger partial charge in [-0.3, -0.25) is 48.5 Å². The zero-order chi connectivity index (χ0) is 43.3. The molecule has 2 aromatic heterocycles. The highest BCUT2D eigenvalue weighted by molar-refractivity contribution is 7.15. The molecule has 0 spiro atoms. The molecule has 314 valence electrons. The Kier molecular flexibility index (Phi) is 11.5. The number of benzene rings is 2. The fourth-order valence-corrected chi connectivity index (χ4v) is 8.66. The lowest BCUT2D eigenvalue weighted by Crippen LogP contribution is -2.54. The van der Waals surface area contributed by atoms with Crippen molar-refractivity contribution in [3.8, 4) is 10.8 Å². The van der Waals surface area contributed by atoms with Crippen LogP contribution in [0.2, 0.25) is 5.02 Å². The van der Waals surface area contributed by atoms with Gasteiger partial charge in [-0.15, -0.1) is 21.5 Å². The Morgan fingerprint density at radius 1 is 0.967 bits per heavy atom. The summed E-state index contributed by atoms with van der Waals surface area (Å²) < 4.78 is 13.9. The number of carbonyl (C=O) groups is 6. The quantitative estimate of drug-likeness (QED) is 0.161. The Labute approximate surface area is 355 Å². The summed E-state index contributed by atoms with van der Waals surface area (Å²) in [6.07, 6.45) is 0.00115. The second-order valence-corrected chi connectivity index (χ2v) is 17.9. The van der Waals surface area contributed by atoms with Crippen molar-refractivity contribution in [1.29, 1.82) is 0 Å². The van der Waals surface area contributed by atoms with E-state index in [-0.39, 0.29) is 55.2 Å². The molecule has 0 bridgehead atoms. The maximum absolute atomic E-state index is 13.6. The molecule has 7 rings (SSSR count). The molecule has 6 amide bonds. The van der Waals surface area contributed by atoms with Crippen molar-refractivity contribution in [2.45, 2.75) is 91.0 Å². The predicted octanol–water partition coefficient (Wildman–Crippen LogP) is 4.48. The van der Waals surface area contributed by atoms with E-state index in [1.165, 1.54) is 18.2 Å². The Balaban J connectivity index is 0.951. The molecule has 3 aliphatic rings. The van der Waals surface area contributed by atoms with Crippen molar-refractivity contribution < 1.29 is 38.2 Å². The molecule has 3 aliphatic heterocycles. The molecule has 3 N–H and O–H groups in total. The number of aromatic nitrogens is 3. The first-order valence-electron chi connectivity index (χ1n) is 19.4. The van der Waals surface area contributed by atoms with E-state index in [0.717, 1.165) is 37.2 Å². The number of halogens is 1. The zero-order valence-corrected chi connectivity index (χ0v) is 35.8. The zero-order valence-electron chi connectivity index (χ0n) is 34.2. The van der Waals surface area contributed by atoms with Crippen molar-refractivity contribution in [2.24, 2.45) is 4.99 Å². The molecule has 0 saturated carbocycles. The first-order chi connectivity index (χ1) is 28.3. The molecule has 18 heteroatoms. The van der Waals surface area contributed by atoms with E-state index < -0.39 is 59.4 Å². The Morgan fingerprint density at radius 3 is 2.42 bits per heavy atom. The van der Waals surface area contributed by atoms with Crippen LogP contribution >= 0.6 is 22.9 Å². The lowest BCUT2D eigenvalue weighted by atomic mass is 9.99. The van der Waals surface area contributed by atoms with Gasteiger partial charge in [-0.25, -0.2) is 0 Å². The van der Waals surface area contributed by atoms with E-state index in [0.29, 0.717) is 16.7 Å². The summed E-state index contributed by atoms with van der Waals surface area (Å²) in [5.74, 6) is -2.14. The van der Waals surface area contributed by atoms with Gasteiger partial charge in [0, 0.05) is 34.0 Å². The molecule has 1 unspecified atom stereocenters. The van der Waals surface area contributed by atoms with Crippen LogP contribution in [-0.2, 0) is 23.9 Å². The molecule has 0 radical (unpaired) electrons. The number of hydrogen-bond donors (Lipinski definition) is 3. The molecule has 16 nitrogen and oxygen atoms in total. The number of hydrogen-bond acceptors (Lipinski definition) is 12. The Bertz CT molecular complexity index is 2470. The summed E-state index contributed by atoms with van der Waals surface area (Å²) in [4.78, 5) is 84.5. The molecule has 5 heterocycles. The maximum Gasteiger partial charge on any atom is 0.266 e. The fourth-order valence-electron chi connectivity index (χ4n) is 7.32. The standard InChI is InChI=1S/C42H45ClN8O8S/c1-21-22(2)60-40-33(21)35(24-11-13-25(43)14-12-24)45-27(36-49-48-23(3)50(36)40)17-31(53)44-19-42(6,7)59-20-41(4,5)47-32(54)18-58-29-10-8-9-26-34(29)39(57)51(38(26)56)28-15-16-30(52)46-37(28)55/h8-14,27-28H,15-20H2,1-7H3,(H,44,53)(H,47,54)(H,46,52,55)/t27-,28?/m0/s1. The van der Waals surface area contributed by atoms with E-state index in [9.17, 15) is 28.8 Å². The largest absolute Gasteiger partial charge is 0.483 e. The van der Waals surface area contributed by atoms with Crippen LogP contribution in [0.1, 0.15) is 107 Å². The molecule has 2 aromatic carbocycles. The van der Waals surface area contributed by atoms with Crippen molar-refractivity contribution in [3.05, 3.63) is 91.8 Å². The Hall–Kier alpha value is -5.78. The lowest BCUT2D eigenvalue weighted by molar-refractivity contribution is -0.136. The number of imide groups is 2. The van der Waals surface area contributed by atoms with E-state index >= 15 is 0 Å². The maximum atomic E-state index is 13.6.